The first-order valence-electron chi connectivity index (χ1n) is 10.1. The molecule has 3 heterocycles. The fourth-order valence-corrected chi connectivity index (χ4v) is 3.80. The molecular weight excluding hydrogens is 352 g/mol. The van der Waals surface area contributed by atoms with Crippen molar-refractivity contribution in [1.82, 2.24) is 9.97 Å². The minimum Gasteiger partial charge on any atom is -0.372 e. The molecule has 2 aliphatic rings. The number of rotatable bonds is 5. The molecule has 2 atom stereocenters. The van der Waals surface area contributed by atoms with E-state index in [-0.39, 0.29) is 17.9 Å². The van der Waals surface area contributed by atoms with Crippen molar-refractivity contribution < 1.29 is 4.79 Å². The summed E-state index contributed by atoms with van der Waals surface area (Å²) in [5.74, 6) is 2.12. The molecule has 1 fully saturated rings. The second-order valence-corrected chi connectivity index (χ2v) is 7.71. The Morgan fingerprint density at radius 3 is 2.61 bits per heavy atom. The summed E-state index contributed by atoms with van der Waals surface area (Å²) in [6.07, 6.45) is 3.44. The molecule has 3 N–H and O–H groups in total. The summed E-state index contributed by atoms with van der Waals surface area (Å²) in [6, 6.07) is 8.09. The van der Waals surface area contributed by atoms with Crippen LogP contribution in [0.25, 0.3) is 0 Å². The Bertz CT molecular complexity index is 860. The minimum absolute atomic E-state index is 0.0401. The number of fused-ring (bicyclic) bond motifs is 1. The van der Waals surface area contributed by atoms with Gasteiger partial charge >= 0.3 is 0 Å². The van der Waals surface area contributed by atoms with Gasteiger partial charge in [-0.15, -0.1) is 0 Å². The Hall–Kier alpha value is -2.83. The van der Waals surface area contributed by atoms with Gasteiger partial charge in [0.15, 0.2) is 11.6 Å². The molecule has 0 radical (unpaired) electrons. The van der Waals surface area contributed by atoms with Crippen molar-refractivity contribution in [2.24, 2.45) is 5.92 Å². The second-order valence-electron chi connectivity index (χ2n) is 7.71. The van der Waals surface area contributed by atoms with Gasteiger partial charge < -0.3 is 20.9 Å². The third-order valence-electron chi connectivity index (χ3n) is 5.66. The van der Waals surface area contributed by atoms with E-state index in [0.29, 0.717) is 23.1 Å². The zero-order valence-electron chi connectivity index (χ0n) is 16.7. The van der Waals surface area contributed by atoms with Crippen LogP contribution in [0.3, 0.4) is 0 Å². The lowest BCUT2D eigenvalue weighted by molar-refractivity contribution is -0.118. The molecule has 2 aliphatic heterocycles. The van der Waals surface area contributed by atoms with Gasteiger partial charge in [0.2, 0.25) is 5.91 Å². The number of hydrogen-bond donors (Lipinski definition) is 3. The van der Waals surface area contributed by atoms with Gasteiger partial charge in [0, 0.05) is 24.5 Å². The van der Waals surface area contributed by atoms with Gasteiger partial charge in [0.05, 0.1) is 0 Å². The molecule has 1 saturated heterocycles. The molecule has 2 unspecified atom stereocenters. The highest BCUT2D eigenvalue weighted by Gasteiger charge is 2.32. The van der Waals surface area contributed by atoms with E-state index in [2.05, 4.69) is 68.9 Å². The molecule has 0 bridgehead atoms. The number of benzene rings is 1. The van der Waals surface area contributed by atoms with E-state index in [4.69, 9.17) is 0 Å². The Kier molecular flexibility index (Phi) is 5.07. The summed E-state index contributed by atoms with van der Waals surface area (Å²) >= 11 is 0. The number of aryl methyl sites for hydroxylation is 1. The molecule has 7 heteroatoms. The minimum atomic E-state index is -0.278. The maximum absolute atomic E-state index is 12.6. The summed E-state index contributed by atoms with van der Waals surface area (Å²) in [4.78, 5) is 24.0. The van der Waals surface area contributed by atoms with Crippen molar-refractivity contribution in [3.63, 3.8) is 0 Å². The van der Waals surface area contributed by atoms with Gasteiger partial charge in [-0.3, -0.25) is 4.79 Å². The molecule has 28 heavy (non-hydrogen) atoms. The van der Waals surface area contributed by atoms with Crippen LogP contribution in [0.4, 0.5) is 28.7 Å². The average Bonchev–Trinajstić information content (AvgIpc) is 3.23. The molecule has 0 spiro atoms. The van der Waals surface area contributed by atoms with Crippen molar-refractivity contribution in [2.75, 3.05) is 33.9 Å². The van der Waals surface area contributed by atoms with E-state index in [1.807, 2.05) is 6.92 Å². The van der Waals surface area contributed by atoms with Crippen molar-refractivity contribution in [3.8, 4) is 0 Å². The van der Waals surface area contributed by atoms with Crippen LogP contribution < -0.4 is 20.9 Å². The summed E-state index contributed by atoms with van der Waals surface area (Å²) < 4.78 is 0. The SMILES string of the molecule is CCC(C)C1Nc2nc(C)nc(Nc3ccc(N4CCCC4)cc3)c2NC1=O. The van der Waals surface area contributed by atoms with Crippen LogP contribution in [-0.2, 0) is 4.79 Å². The van der Waals surface area contributed by atoms with Gasteiger partial charge in [0.1, 0.15) is 17.6 Å². The summed E-state index contributed by atoms with van der Waals surface area (Å²) in [5, 5.41) is 9.65. The van der Waals surface area contributed by atoms with Crippen molar-refractivity contribution >= 4 is 34.6 Å². The number of amides is 1. The number of hydrogen-bond acceptors (Lipinski definition) is 6. The summed E-state index contributed by atoms with van der Waals surface area (Å²) in [7, 11) is 0. The molecule has 7 nitrogen and oxygen atoms in total. The quantitative estimate of drug-likeness (QED) is 0.730. The molecule has 2 aromatic rings. The third-order valence-corrected chi connectivity index (χ3v) is 5.66. The molecule has 1 aromatic heterocycles. The van der Waals surface area contributed by atoms with E-state index in [0.717, 1.165) is 25.2 Å². The average molecular weight is 380 g/mol. The number of carbonyl (C=O) groups is 1. The Balaban J connectivity index is 1.57. The maximum atomic E-state index is 12.6. The molecule has 4 rings (SSSR count). The highest BCUT2D eigenvalue weighted by molar-refractivity contribution is 6.05. The zero-order valence-corrected chi connectivity index (χ0v) is 16.7. The third kappa shape index (κ3) is 3.61. The van der Waals surface area contributed by atoms with E-state index in [9.17, 15) is 4.79 Å². The number of aromatic nitrogens is 2. The van der Waals surface area contributed by atoms with Crippen LogP contribution in [0, 0.1) is 12.8 Å². The van der Waals surface area contributed by atoms with Gasteiger partial charge in [-0.1, -0.05) is 20.3 Å². The molecule has 148 valence electrons. The van der Waals surface area contributed by atoms with Crippen LogP contribution in [0.1, 0.15) is 38.9 Å². The van der Waals surface area contributed by atoms with Gasteiger partial charge in [0.25, 0.3) is 0 Å². The second kappa shape index (κ2) is 7.66. The highest BCUT2D eigenvalue weighted by atomic mass is 16.2. The van der Waals surface area contributed by atoms with Crippen LogP contribution in [-0.4, -0.2) is 35.0 Å². The van der Waals surface area contributed by atoms with Gasteiger partial charge in [-0.25, -0.2) is 9.97 Å². The largest absolute Gasteiger partial charge is 0.372 e. The fraction of sp³-hybridized carbons (Fsp3) is 0.476. The fourth-order valence-electron chi connectivity index (χ4n) is 3.80. The van der Waals surface area contributed by atoms with Gasteiger partial charge in [-0.2, -0.15) is 0 Å². The van der Waals surface area contributed by atoms with E-state index in [1.165, 1.54) is 18.5 Å². The highest BCUT2D eigenvalue weighted by Crippen LogP contribution is 2.35. The smallest absolute Gasteiger partial charge is 0.247 e. The number of nitrogens with one attached hydrogen (secondary N) is 3. The first kappa shape index (κ1) is 18.5. The van der Waals surface area contributed by atoms with Gasteiger partial charge in [-0.05, 0) is 49.9 Å². The number of nitrogens with zero attached hydrogens (tertiary/aromatic N) is 3. The van der Waals surface area contributed by atoms with Crippen LogP contribution >= 0.6 is 0 Å². The molecular formula is C21H28N6O. The van der Waals surface area contributed by atoms with Crippen LogP contribution in [0.5, 0.6) is 0 Å². The predicted octanol–water partition coefficient (Wildman–Crippen LogP) is 3.91. The molecule has 0 aliphatic carbocycles. The first-order valence-corrected chi connectivity index (χ1v) is 10.1. The molecule has 1 aromatic carbocycles. The topological polar surface area (TPSA) is 82.2 Å². The first-order chi connectivity index (χ1) is 13.5. The Labute approximate surface area is 166 Å². The normalized spacial score (nSPS) is 19.6. The van der Waals surface area contributed by atoms with Crippen LogP contribution in [0.15, 0.2) is 24.3 Å². The maximum Gasteiger partial charge on any atom is 0.247 e. The lowest BCUT2D eigenvalue weighted by Gasteiger charge is -2.30. The van der Waals surface area contributed by atoms with E-state index >= 15 is 0 Å². The summed E-state index contributed by atoms with van der Waals surface area (Å²) in [6.45, 7) is 8.26. The lowest BCUT2D eigenvalue weighted by atomic mass is 9.97. The number of anilines is 5. The van der Waals surface area contributed by atoms with E-state index in [1.54, 1.807) is 0 Å². The number of carbonyl (C=O) groups excluding carboxylic acids is 1. The predicted molar refractivity (Wildman–Crippen MR) is 113 cm³/mol. The molecule has 0 saturated carbocycles. The summed E-state index contributed by atoms with van der Waals surface area (Å²) in [5.41, 5.74) is 2.79. The Morgan fingerprint density at radius 2 is 1.93 bits per heavy atom. The van der Waals surface area contributed by atoms with Crippen LogP contribution in [0.2, 0.25) is 0 Å². The standard InChI is InChI=1S/C21H28N6O/c1-4-13(2)17-21(28)26-18-19(22-14(3)23-20(18)25-17)24-15-7-9-16(10-8-15)27-11-5-6-12-27/h7-10,13,17H,4-6,11-12H2,1-3H3,(H,26,28)(H2,22,23,24,25). The lowest BCUT2D eigenvalue weighted by Crippen LogP contribution is -2.43. The molecule has 1 amide bonds. The monoisotopic (exact) mass is 380 g/mol. The van der Waals surface area contributed by atoms with Crippen molar-refractivity contribution in [1.29, 1.82) is 0 Å². The Morgan fingerprint density at radius 1 is 1.21 bits per heavy atom. The van der Waals surface area contributed by atoms with E-state index < -0.39 is 0 Å². The van der Waals surface area contributed by atoms with Crippen molar-refractivity contribution in [2.45, 2.75) is 46.1 Å². The zero-order chi connectivity index (χ0) is 19.7. The van der Waals surface area contributed by atoms with Crippen molar-refractivity contribution in [3.05, 3.63) is 30.1 Å².